The van der Waals surface area contributed by atoms with Gasteiger partial charge in [-0.15, -0.1) is 0 Å². The number of para-hydroxylation sites is 1. The van der Waals surface area contributed by atoms with Gasteiger partial charge in [0, 0.05) is 30.6 Å². The number of hydrogen-bond acceptors (Lipinski definition) is 2. The Kier molecular flexibility index (Phi) is 3.82. The predicted molar refractivity (Wildman–Crippen MR) is 83.1 cm³/mol. The lowest BCUT2D eigenvalue weighted by Gasteiger charge is -2.33. The first-order valence-electron chi connectivity index (χ1n) is 8.06. The maximum absolute atomic E-state index is 12.2. The molecule has 2 nitrogen and oxygen atoms in total. The molecule has 20 heavy (non-hydrogen) atoms. The number of carbonyl (C=O) groups is 1. The first kappa shape index (κ1) is 13.7. The minimum atomic E-state index is 0.252. The molecule has 3 rings (SSSR count). The monoisotopic (exact) mass is 271 g/mol. The van der Waals surface area contributed by atoms with Crippen molar-refractivity contribution >= 4 is 11.5 Å². The largest absolute Gasteiger partial charge is 0.368 e. The summed E-state index contributed by atoms with van der Waals surface area (Å²) in [6, 6.07) is 9.20. The second-order valence-electron chi connectivity index (χ2n) is 6.55. The van der Waals surface area contributed by atoms with Crippen LogP contribution in [0.25, 0.3) is 0 Å². The van der Waals surface area contributed by atoms with Gasteiger partial charge < -0.3 is 4.90 Å². The number of carbonyl (C=O) groups excluding carboxylic acids is 1. The van der Waals surface area contributed by atoms with Crippen LogP contribution < -0.4 is 4.90 Å². The first-order valence-corrected chi connectivity index (χ1v) is 8.06. The van der Waals surface area contributed by atoms with E-state index in [4.69, 9.17) is 0 Å². The Balaban J connectivity index is 1.75. The second kappa shape index (κ2) is 5.59. The van der Waals surface area contributed by atoms with E-state index in [0.717, 1.165) is 38.1 Å². The van der Waals surface area contributed by atoms with Crippen molar-refractivity contribution in [3.63, 3.8) is 0 Å². The van der Waals surface area contributed by atoms with E-state index in [1.165, 1.54) is 17.7 Å². The fourth-order valence-electron chi connectivity index (χ4n) is 3.89. The molecule has 2 heteroatoms. The highest BCUT2D eigenvalue weighted by Crippen LogP contribution is 2.35. The summed E-state index contributed by atoms with van der Waals surface area (Å²) in [5.41, 5.74) is 2.79. The lowest BCUT2D eigenvalue weighted by atomic mass is 9.79. The number of anilines is 1. The van der Waals surface area contributed by atoms with Gasteiger partial charge in [0.25, 0.3) is 0 Å². The van der Waals surface area contributed by atoms with E-state index in [1.54, 1.807) is 0 Å². The van der Waals surface area contributed by atoms with Crippen LogP contribution in [0.15, 0.2) is 24.3 Å². The molecule has 3 unspecified atom stereocenters. The number of hydrogen-bond donors (Lipinski definition) is 0. The van der Waals surface area contributed by atoms with Crippen LogP contribution in [0.4, 0.5) is 5.69 Å². The Hall–Kier alpha value is -1.31. The molecule has 0 amide bonds. The number of benzene rings is 1. The minimum absolute atomic E-state index is 0.252. The van der Waals surface area contributed by atoms with E-state index in [2.05, 4.69) is 43.0 Å². The minimum Gasteiger partial charge on any atom is -0.368 e. The third-order valence-corrected chi connectivity index (χ3v) is 5.22. The highest BCUT2D eigenvalue weighted by atomic mass is 16.1. The van der Waals surface area contributed by atoms with Crippen LogP contribution >= 0.6 is 0 Å². The molecule has 1 aliphatic heterocycles. The molecule has 0 bridgehead atoms. The molecule has 0 N–H and O–H groups in total. The maximum atomic E-state index is 12.2. The number of fused-ring (bicyclic) bond motifs is 1. The van der Waals surface area contributed by atoms with Crippen molar-refractivity contribution in [3.8, 4) is 0 Å². The molecule has 1 fully saturated rings. The maximum Gasteiger partial charge on any atom is 0.137 e. The summed E-state index contributed by atoms with van der Waals surface area (Å²) in [5, 5.41) is 0. The molecular weight excluding hydrogens is 246 g/mol. The van der Waals surface area contributed by atoms with Gasteiger partial charge in [0.2, 0.25) is 0 Å². The Morgan fingerprint density at radius 3 is 2.90 bits per heavy atom. The molecule has 0 spiro atoms. The lowest BCUT2D eigenvalue weighted by molar-refractivity contribution is -0.125. The Morgan fingerprint density at radius 1 is 1.30 bits per heavy atom. The molecule has 0 aromatic heterocycles. The number of rotatable bonds is 3. The van der Waals surface area contributed by atoms with Crippen LogP contribution in [0.2, 0.25) is 0 Å². The Bertz CT molecular complexity index is 496. The third-order valence-electron chi connectivity index (χ3n) is 5.22. The SMILES string of the molecule is CCC1CCC(=O)C(CN2c3ccccc3CC2C)C1. The Morgan fingerprint density at radius 2 is 2.10 bits per heavy atom. The van der Waals surface area contributed by atoms with Crippen LogP contribution in [0.5, 0.6) is 0 Å². The first-order chi connectivity index (χ1) is 9.69. The van der Waals surface area contributed by atoms with Gasteiger partial charge in [0.15, 0.2) is 0 Å². The zero-order chi connectivity index (χ0) is 14.1. The quantitative estimate of drug-likeness (QED) is 0.832. The summed E-state index contributed by atoms with van der Waals surface area (Å²) < 4.78 is 0. The van der Waals surface area contributed by atoms with Crippen molar-refractivity contribution in [2.45, 2.75) is 52.0 Å². The fraction of sp³-hybridized carbons (Fsp3) is 0.611. The van der Waals surface area contributed by atoms with Gasteiger partial charge in [-0.05, 0) is 43.7 Å². The summed E-state index contributed by atoms with van der Waals surface area (Å²) in [6.07, 6.45) is 5.34. The summed E-state index contributed by atoms with van der Waals surface area (Å²) in [6.45, 7) is 5.46. The van der Waals surface area contributed by atoms with Gasteiger partial charge in [0.1, 0.15) is 5.78 Å². The summed E-state index contributed by atoms with van der Waals surface area (Å²) in [4.78, 5) is 14.7. The molecule has 0 saturated heterocycles. The van der Waals surface area contributed by atoms with Gasteiger partial charge >= 0.3 is 0 Å². The van der Waals surface area contributed by atoms with Crippen LogP contribution in [0.1, 0.15) is 45.1 Å². The smallest absolute Gasteiger partial charge is 0.137 e. The summed E-state index contributed by atoms with van der Waals surface area (Å²) in [5.74, 6) is 1.50. The average Bonchev–Trinajstić information content (AvgIpc) is 2.77. The Labute approximate surface area is 122 Å². The second-order valence-corrected chi connectivity index (χ2v) is 6.55. The van der Waals surface area contributed by atoms with Crippen LogP contribution in [0.3, 0.4) is 0 Å². The predicted octanol–water partition coefficient (Wildman–Crippen LogP) is 3.83. The van der Waals surface area contributed by atoms with Crippen LogP contribution in [-0.2, 0) is 11.2 Å². The van der Waals surface area contributed by atoms with E-state index in [9.17, 15) is 4.79 Å². The van der Waals surface area contributed by atoms with Gasteiger partial charge in [-0.1, -0.05) is 31.5 Å². The van der Waals surface area contributed by atoms with E-state index in [1.807, 2.05) is 0 Å². The average molecular weight is 271 g/mol. The zero-order valence-corrected chi connectivity index (χ0v) is 12.6. The van der Waals surface area contributed by atoms with Gasteiger partial charge in [-0.3, -0.25) is 4.79 Å². The van der Waals surface area contributed by atoms with Gasteiger partial charge in [0.05, 0.1) is 0 Å². The van der Waals surface area contributed by atoms with E-state index in [0.29, 0.717) is 11.8 Å². The molecular formula is C18H25NO. The van der Waals surface area contributed by atoms with Crippen LogP contribution in [0, 0.1) is 11.8 Å². The zero-order valence-electron chi connectivity index (χ0n) is 12.6. The van der Waals surface area contributed by atoms with Crippen molar-refractivity contribution in [2.75, 3.05) is 11.4 Å². The van der Waals surface area contributed by atoms with Crippen molar-refractivity contribution < 1.29 is 4.79 Å². The lowest BCUT2D eigenvalue weighted by Crippen LogP contribution is -2.39. The fourth-order valence-corrected chi connectivity index (χ4v) is 3.89. The molecule has 1 heterocycles. The topological polar surface area (TPSA) is 20.3 Å². The van der Waals surface area contributed by atoms with Crippen molar-refractivity contribution in [1.82, 2.24) is 0 Å². The molecule has 0 radical (unpaired) electrons. The molecule has 3 atom stereocenters. The summed E-state index contributed by atoms with van der Waals surface area (Å²) in [7, 11) is 0. The molecule has 1 aromatic carbocycles. The van der Waals surface area contributed by atoms with Gasteiger partial charge in [-0.2, -0.15) is 0 Å². The van der Waals surface area contributed by atoms with Crippen molar-refractivity contribution in [1.29, 1.82) is 0 Å². The summed E-state index contributed by atoms with van der Waals surface area (Å²) >= 11 is 0. The third kappa shape index (κ3) is 2.48. The highest BCUT2D eigenvalue weighted by molar-refractivity contribution is 5.82. The van der Waals surface area contributed by atoms with Crippen molar-refractivity contribution in [3.05, 3.63) is 29.8 Å². The molecule has 1 aliphatic carbocycles. The molecule has 1 saturated carbocycles. The van der Waals surface area contributed by atoms with Crippen LogP contribution in [-0.4, -0.2) is 18.4 Å². The van der Waals surface area contributed by atoms with E-state index >= 15 is 0 Å². The number of ketones is 1. The van der Waals surface area contributed by atoms with E-state index < -0.39 is 0 Å². The number of Topliss-reactive ketones (excluding diaryl/α,β-unsaturated/α-hetero) is 1. The highest BCUT2D eigenvalue weighted by Gasteiger charge is 2.33. The molecule has 1 aromatic rings. The van der Waals surface area contributed by atoms with Gasteiger partial charge in [-0.25, -0.2) is 0 Å². The van der Waals surface area contributed by atoms with E-state index in [-0.39, 0.29) is 5.92 Å². The molecule has 108 valence electrons. The number of nitrogens with zero attached hydrogens (tertiary/aromatic N) is 1. The standard InChI is InChI=1S/C18H25NO/c1-3-14-8-9-18(20)16(11-14)12-19-13(2)10-15-6-4-5-7-17(15)19/h4-7,13-14,16H,3,8-12H2,1-2H3. The van der Waals surface area contributed by atoms with Crippen molar-refractivity contribution in [2.24, 2.45) is 11.8 Å². The molecule has 2 aliphatic rings. The normalized spacial score (nSPS) is 29.6.